The lowest BCUT2D eigenvalue weighted by molar-refractivity contribution is -0.135. The van der Waals surface area contributed by atoms with E-state index in [1.165, 1.54) is 28.8 Å². The minimum Gasteiger partial charge on any atom is -0.480 e. The second kappa shape index (κ2) is 4.51. The third-order valence-corrected chi connectivity index (χ3v) is 4.76. The molecule has 96 valence electrons. The molecule has 1 N–H and O–H groups in total. The zero-order valence-corrected chi connectivity index (χ0v) is 11.6. The van der Waals surface area contributed by atoms with Crippen molar-refractivity contribution in [3.8, 4) is 0 Å². The van der Waals surface area contributed by atoms with Crippen molar-refractivity contribution in [3.63, 3.8) is 0 Å². The maximum absolute atomic E-state index is 13.3. The number of carboxylic acids is 1. The summed E-state index contributed by atoms with van der Waals surface area (Å²) in [7, 11) is 0. The van der Waals surface area contributed by atoms with Gasteiger partial charge in [-0.2, -0.15) is 0 Å². The van der Waals surface area contributed by atoms with Gasteiger partial charge in [0.1, 0.15) is 12.4 Å². The maximum atomic E-state index is 13.3. The van der Waals surface area contributed by atoms with E-state index in [2.05, 4.69) is 0 Å². The van der Waals surface area contributed by atoms with Crippen LogP contribution >= 0.6 is 24.0 Å². The number of aliphatic carboxylic acids is 1. The summed E-state index contributed by atoms with van der Waals surface area (Å²) in [6, 6.07) is 4.36. The molecule has 1 aliphatic heterocycles. The first-order valence-corrected chi connectivity index (χ1v) is 6.56. The number of nitrogens with zero attached hydrogens (tertiary/aromatic N) is 1. The third-order valence-electron chi connectivity index (χ3n) is 2.63. The molecule has 0 saturated heterocycles. The van der Waals surface area contributed by atoms with Crippen LogP contribution in [-0.2, 0) is 4.79 Å². The van der Waals surface area contributed by atoms with Crippen molar-refractivity contribution in [3.05, 3.63) is 24.0 Å². The van der Waals surface area contributed by atoms with Gasteiger partial charge < -0.3 is 10.0 Å². The average molecular weight is 285 g/mol. The minimum absolute atomic E-state index is 0.251. The highest BCUT2D eigenvalue weighted by Crippen LogP contribution is 2.45. The fourth-order valence-electron chi connectivity index (χ4n) is 1.83. The van der Waals surface area contributed by atoms with Gasteiger partial charge in [0, 0.05) is 4.90 Å². The Kier molecular flexibility index (Phi) is 3.33. The van der Waals surface area contributed by atoms with E-state index in [4.69, 9.17) is 17.3 Å². The number of thiocarbonyl (C=S) groups is 1. The molecule has 18 heavy (non-hydrogen) atoms. The first-order valence-electron chi connectivity index (χ1n) is 5.33. The largest absolute Gasteiger partial charge is 0.480 e. The van der Waals surface area contributed by atoms with Gasteiger partial charge in [-0.05, 0) is 32.0 Å². The molecule has 0 aliphatic carbocycles. The lowest BCUT2D eigenvalue weighted by Gasteiger charge is -2.39. The van der Waals surface area contributed by atoms with Gasteiger partial charge >= 0.3 is 5.97 Å². The zero-order valence-electron chi connectivity index (χ0n) is 9.94. The van der Waals surface area contributed by atoms with Gasteiger partial charge in [0.2, 0.25) is 0 Å². The lowest BCUT2D eigenvalue weighted by Crippen LogP contribution is -2.47. The number of carboxylic acid groups (broad SMARTS) is 1. The molecule has 0 fully saturated rings. The molecule has 1 aromatic carbocycles. The van der Waals surface area contributed by atoms with Crippen LogP contribution in [0.1, 0.15) is 13.8 Å². The first kappa shape index (κ1) is 13.3. The molecule has 0 atom stereocenters. The Labute approximate surface area is 114 Å². The molecule has 0 aromatic heterocycles. The van der Waals surface area contributed by atoms with E-state index in [0.29, 0.717) is 10.7 Å². The highest BCUT2D eigenvalue weighted by molar-refractivity contribution is 8.03. The molecule has 0 radical (unpaired) electrons. The number of anilines is 1. The fourth-order valence-corrected chi connectivity index (χ4v) is 3.28. The Morgan fingerprint density at radius 2 is 2.22 bits per heavy atom. The van der Waals surface area contributed by atoms with E-state index in [0.717, 1.165) is 4.90 Å². The molecule has 0 saturated carbocycles. The number of benzene rings is 1. The number of hydrogen-bond donors (Lipinski definition) is 1. The smallest absolute Gasteiger partial charge is 0.323 e. The average Bonchev–Trinajstić information content (AvgIpc) is 2.25. The normalized spacial score (nSPS) is 17.5. The Bertz CT molecular complexity index is 531. The van der Waals surface area contributed by atoms with Gasteiger partial charge in [-0.1, -0.05) is 12.2 Å². The van der Waals surface area contributed by atoms with Crippen molar-refractivity contribution >= 4 is 40.6 Å². The Morgan fingerprint density at radius 1 is 1.56 bits per heavy atom. The third kappa shape index (κ3) is 2.35. The van der Waals surface area contributed by atoms with E-state index in [1.54, 1.807) is 6.07 Å². The van der Waals surface area contributed by atoms with Gasteiger partial charge in [-0.15, -0.1) is 11.8 Å². The molecule has 1 aliphatic rings. The van der Waals surface area contributed by atoms with Crippen LogP contribution < -0.4 is 4.90 Å². The van der Waals surface area contributed by atoms with Crippen molar-refractivity contribution in [1.29, 1.82) is 0 Å². The first-order chi connectivity index (χ1) is 8.31. The Balaban J connectivity index is 2.53. The van der Waals surface area contributed by atoms with Crippen molar-refractivity contribution in [2.45, 2.75) is 23.5 Å². The molecule has 0 bridgehead atoms. The summed E-state index contributed by atoms with van der Waals surface area (Å²) in [5.41, 5.74) is 0.534. The molecule has 1 aromatic rings. The fraction of sp³-hybridized carbons (Fsp3) is 0.333. The molecular formula is C12H12FNO2S2. The predicted octanol–water partition coefficient (Wildman–Crippen LogP) is 2.93. The highest BCUT2D eigenvalue weighted by atomic mass is 32.2. The van der Waals surface area contributed by atoms with Gasteiger partial charge in [0.05, 0.1) is 15.4 Å². The molecule has 0 unspecified atom stereocenters. The summed E-state index contributed by atoms with van der Waals surface area (Å²) >= 11 is 6.84. The van der Waals surface area contributed by atoms with Gasteiger partial charge in [-0.3, -0.25) is 4.79 Å². The van der Waals surface area contributed by atoms with E-state index in [1.807, 2.05) is 13.8 Å². The molecule has 6 heteroatoms. The molecule has 3 nitrogen and oxygen atoms in total. The molecule has 1 heterocycles. The van der Waals surface area contributed by atoms with Crippen LogP contribution in [-0.4, -0.2) is 27.4 Å². The number of thioether (sulfide) groups is 1. The van der Waals surface area contributed by atoms with Crippen LogP contribution in [0.4, 0.5) is 10.1 Å². The SMILES string of the molecule is CC1(C)Sc2ccc(F)cc2N(CC(=O)O)C1=S. The quantitative estimate of drug-likeness (QED) is 0.846. The number of rotatable bonds is 2. The van der Waals surface area contributed by atoms with E-state index >= 15 is 0 Å². The van der Waals surface area contributed by atoms with Crippen LogP contribution in [0, 0.1) is 5.82 Å². The second-order valence-corrected chi connectivity index (χ2v) is 6.56. The summed E-state index contributed by atoms with van der Waals surface area (Å²) in [4.78, 5) is 13.8. The van der Waals surface area contributed by atoms with Crippen LogP contribution in [0.25, 0.3) is 0 Å². The van der Waals surface area contributed by atoms with E-state index in [9.17, 15) is 9.18 Å². The number of halogens is 1. The summed E-state index contributed by atoms with van der Waals surface area (Å²) in [5.74, 6) is -1.39. The Morgan fingerprint density at radius 3 is 2.83 bits per heavy atom. The van der Waals surface area contributed by atoms with Crippen LogP contribution in [0.2, 0.25) is 0 Å². The van der Waals surface area contributed by atoms with Gasteiger partial charge in [0.15, 0.2) is 0 Å². The summed E-state index contributed by atoms with van der Waals surface area (Å²) in [6.07, 6.45) is 0. The van der Waals surface area contributed by atoms with Crippen molar-refractivity contribution < 1.29 is 14.3 Å². The topological polar surface area (TPSA) is 40.5 Å². The second-order valence-electron chi connectivity index (χ2n) is 4.51. The molecule has 0 spiro atoms. The van der Waals surface area contributed by atoms with Crippen LogP contribution in [0.3, 0.4) is 0 Å². The predicted molar refractivity (Wildman–Crippen MR) is 73.9 cm³/mol. The number of hydrogen-bond acceptors (Lipinski definition) is 3. The minimum atomic E-state index is -0.990. The Hall–Kier alpha value is -1.14. The van der Waals surface area contributed by atoms with Crippen molar-refractivity contribution in [2.75, 3.05) is 11.4 Å². The highest BCUT2D eigenvalue weighted by Gasteiger charge is 2.37. The zero-order chi connectivity index (χ0) is 13.5. The van der Waals surface area contributed by atoms with Crippen molar-refractivity contribution in [2.24, 2.45) is 0 Å². The van der Waals surface area contributed by atoms with E-state index in [-0.39, 0.29) is 11.3 Å². The van der Waals surface area contributed by atoms with E-state index < -0.39 is 11.8 Å². The summed E-state index contributed by atoms with van der Waals surface area (Å²) in [5, 5.41) is 8.95. The summed E-state index contributed by atoms with van der Waals surface area (Å²) in [6.45, 7) is 3.61. The van der Waals surface area contributed by atoms with Gasteiger partial charge in [0.25, 0.3) is 0 Å². The standard InChI is InChI=1S/C12H12FNO2S2/c1-12(2)11(17)14(6-10(15)16)8-5-7(13)3-4-9(8)18-12/h3-5H,6H2,1-2H3,(H,15,16). The molecule has 2 rings (SSSR count). The number of carbonyl (C=O) groups is 1. The molecule has 0 amide bonds. The molecular weight excluding hydrogens is 273 g/mol. The van der Waals surface area contributed by atoms with Crippen LogP contribution in [0.5, 0.6) is 0 Å². The monoisotopic (exact) mass is 285 g/mol. The number of fused-ring (bicyclic) bond motifs is 1. The lowest BCUT2D eigenvalue weighted by atomic mass is 10.1. The van der Waals surface area contributed by atoms with Crippen LogP contribution in [0.15, 0.2) is 23.1 Å². The summed E-state index contributed by atoms with van der Waals surface area (Å²) < 4.78 is 12.9. The maximum Gasteiger partial charge on any atom is 0.323 e. The van der Waals surface area contributed by atoms with Gasteiger partial charge in [-0.25, -0.2) is 4.39 Å². The van der Waals surface area contributed by atoms with Crippen molar-refractivity contribution in [1.82, 2.24) is 0 Å².